The molecule has 1 fully saturated rings. The Morgan fingerprint density at radius 1 is 1.18 bits per heavy atom. The smallest absolute Gasteiger partial charge is 0.307 e. The third kappa shape index (κ3) is 8.54. The summed E-state index contributed by atoms with van der Waals surface area (Å²) in [4.78, 5) is 37.4. The van der Waals surface area contributed by atoms with E-state index in [1.165, 1.54) is 0 Å². The van der Waals surface area contributed by atoms with Crippen molar-refractivity contribution in [2.24, 2.45) is 11.3 Å². The van der Waals surface area contributed by atoms with Gasteiger partial charge in [-0.15, -0.1) is 0 Å². The van der Waals surface area contributed by atoms with Gasteiger partial charge in [0.2, 0.25) is 5.91 Å². The van der Waals surface area contributed by atoms with Crippen molar-refractivity contribution >= 4 is 29.4 Å². The Hall–Kier alpha value is -2.28. The lowest BCUT2D eigenvalue weighted by molar-refractivity contribution is -0.144. The molecule has 7 nitrogen and oxygen atoms in total. The molecule has 1 aromatic rings. The summed E-state index contributed by atoms with van der Waals surface area (Å²) in [6.07, 6.45) is 5.18. The summed E-state index contributed by atoms with van der Waals surface area (Å²) in [6, 6.07) is 6.56. The number of esters is 1. The molecule has 0 spiro atoms. The first-order valence-corrected chi connectivity index (χ1v) is 12.2. The fraction of sp³-hybridized carbons (Fsp3) is 0.640. The van der Waals surface area contributed by atoms with Crippen LogP contribution in [-0.4, -0.2) is 42.2 Å². The zero-order chi connectivity index (χ0) is 24.3. The van der Waals surface area contributed by atoms with Crippen molar-refractivity contribution in [3.63, 3.8) is 0 Å². The second-order valence-electron chi connectivity index (χ2n) is 8.79. The van der Waals surface area contributed by atoms with E-state index in [4.69, 9.17) is 21.1 Å². The number of amides is 1. The lowest BCUT2D eigenvalue weighted by Gasteiger charge is -2.32. The number of hydrogen-bond acceptors (Lipinski definition) is 5. The Morgan fingerprint density at radius 3 is 2.52 bits per heavy atom. The SMILES string of the molecule is CCCC(CC1(C(=O)NC(CCOc2cccc(Cl)c2)CC(=O)OCC)CCCC1)C(=O)O. The van der Waals surface area contributed by atoms with Crippen LogP contribution < -0.4 is 10.1 Å². The zero-order valence-corrected chi connectivity index (χ0v) is 20.4. The van der Waals surface area contributed by atoms with Crippen LogP contribution in [0.1, 0.15) is 71.6 Å². The van der Waals surface area contributed by atoms with Gasteiger partial charge in [0.1, 0.15) is 5.75 Å². The topological polar surface area (TPSA) is 102 Å². The molecule has 2 N–H and O–H groups in total. The number of rotatable bonds is 14. The number of ether oxygens (including phenoxy) is 2. The molecular weight excluding hydrogens is 446 g/mol. The average molecular weight is 482 g/mol. The third-order valence-corrected chi connectivity index (χ3v) is 6.49. The number of nitrogens with one attached hydrogen (secondary N) is 1. The van der Waals surface area contributed by atoms with Crippen molar-refractivity contribution < 1.29 is 29.0 Å². The van der Waals surface area contributed by atoms with E-state index >= 15 is 0 Å². The van der Waals surface area contributed by atoms with E-state index in [1.807, 2.05) is 6.92 Å². The molecule has 1 aliphatic carbocycles. The maximum absolute atomic E-state index is 13.4. The highest BCUT2D eigenvalue weighted by Gasteiger charge is 2.44. The fourth-order valence-electron chi connectivity index (χ4n) is 4.57. The lowest BCUT2D eigenvalue weighted by atomic mass is 9.75. The van der Waals surface area contributed by atoms with Crippen molar-refractivity contribution in [3.8, 4) is 5.75 Å². The highest BCUT2D eigenvalue weighted by molar-refractivity contribution is 6.30. The van der Waals surface area contributed by atoms with E-state index in [9.17, 15) is 19.5 Å². The fourth-order valence-corrected chi connectivity index (χ4v) is 4.75. The van der Waals surface area contributed by atoms with Crippen molar-refractivity contribution in [3.05, 3.63) is 29.3 Å². The van der Waals surface area contributed by atoms with Gasteiger partial charge in [0.15, 0.2) is 0 Å². The second kappa shape index (κ2) is 13.4. The van der Waals surface area contributed by atoms with Crippen LogP contribution in [0.3, 0.4) is 0 Å². The monoisotopic (exact) mass is 481 g/mol. The summed E-state index contributed by atoms with van der Waals surface area (Å²) in [5, 5.41) is 13.2. The maximum Gasteiger partial charge on any atom is 0.307 e. The molecule has 0 aromatic heterocycles. The van der Waals surface area contributed by atoms with Crippen LogP contribution in [0.2, 0.25) is 5.02 Å². The Labute approximate surface area is 201 Å². The number of benzene rings is 1. The Kier molecular flexibility index (Phi) is 11.0. The Morgan fingerprint density at radius 2 is 1.91 bits per heavy atom. The average Bonchev–Trinajstić information content (AvgIpc) is 3.23. The molecular formula is C25H36ClNO6. The van der Waals surface area contributed by atoms with Gasteiger partial charge in [-0.2, -0.15) is 0 Å². The van der Waals surface area contributed by atoms with Crippen molar-refractivity contribution in [2.75, 3.05) is 13.2 Å². The molecule has 0 bridgehead atoms. The van der Waals surface area contributed by atoms with Gasteiger partial charge >= 0.3 is 11.9 Å². The molecule has 0 radical (unpaired) electrons. The van der Waals surface area contributed by atoms with E-state index < -0.39 is 23.3 Å². The van der Waals surface area contributed by atoms with Gasteiger partial charge < -0.3 is 19.9 Å². The highest BCUT2D eigenvalue weighted by Crippen LogP contribution is 2.44. The molecule has 1 aromatic carbocycles. The number of halogens is 1. The summed E-state index contributed by atoms with van der Waals surface area (Å²) in [5.41, 5.74) is -0.709. The van der Waals surface area contributed by atoms with Crippen LogP contribution in [0.4, 0.5) is 0 Å². The highest BCUT2D eigenvalue weighted by atomic mass is 35.5. The van der Waals surface area contributed by atoms with Crippen LogP contribution in [0.5, 0.6) is 5.75 Å². The number of carboxylic acids is 1. The van der Waals surface area contributed by atoms with Crippen LogP contribution in [0.25, 0.3) is 0 Å². The van der Waals surface area contributed by atoms with Crippen molar-refractivity contribution in [2.45, 2.75) is 77.7 Å². The van der Waals surface area contributed by atoms with Crippen molar-refractivity contribution in [1.82, 2.24) is 5.32 Å². The summed E-state index contributed by atoms with van der Waals surface area (Å²) in [6.45, 7) is 4.23. The van der Waals surface area contributed by atoms with E-state index in [0.717, 1.165) is 19.3 Å². The molecule has 0 heterocycles. The summed E-state index contributed by atoms with van der Waals surface area (Å²) < 4.78 is 10.8. The molecule has 1 saturated carbocycles. The molecule has 0 aliphatic heterocycles. The zero-order valence-electron chi connectivity index (χ0n) is 19.6. The summed E-state index contributed by atoms with van der Waals surface area (Å²) in [5.74, 6) is -1.35. The number of hydrogen-bond donors (Lipinski definition) is 2. The van der Waals surface area contributed by atoms with Gasteiger partial charge in [0.05, 0.1) is 31.0 Å². The standard InChI is InChI=1S/C25H36ClNO6/c1-3-8-18(23(29)30)17-25(12-5-6-13-25)24(31)27-20(16-22(28)32-4-2)11-14-33-21-10-7-9-19(26)15-21/h7,9-10,15,18,20H,3-6,8,11-14,16-17H2,1-2H3,(H,27,31)(H,29,30). The van der Waals surface area contributed by atoms with Gasteiger partial charge in [0, 0.05) is 17.5 Å². The van der Waals surface area contributed by atoms with Crippen LogP contribution >= 0.6 is 11.6 Å². The molecule has 1 aliphatic rings. The minimum Gasteiger partial charge on any atom is -0.493 e. The minimum atomic E-state index is -0.853. The van der Waals surface area contributed by atoms with Gasteiger partial charge in [0.25, 0.3) is 0 Å². The number of aliphatic carboxylic acids is 1. The van der Waals surface area contributed by atoms with E-state index in [-0.39, 0.29) is 31.5 Å². The molecule has 2 atom stereocenters. The molecule has 1 amide bonds. The minimum absolute atomic E-state index is 0.0336. The van der Waals surface area contributed by atoms with E-state index in [2.05, 4.69) is 5.32 Å². The first-order valence-electron chi connectivity index (χ1n) is 11.9. The van der Waals surface area contributed by atoms with Gasteiger partial charge in [-0.3, -0.25) is 14.4 Å². The quantitative estimate of drug-likeness (QED) is 0.362. The van der Waals surface area contributed by atoms with Gasteiger partial charge in [-0.25, -0.2) is 0 Å². The van der Waals surface area contributed by atoms with Crippen LogP contribution in [-0.2, 0) is 19.1 Å². The Bertz CT molecular complexity index is 793. The first-order chi connectivity index (χ1) is 15.8. The van der Waals surface area contributed by atoms with Gasteiger partial charge in [-0.1, -0.05) is 43.9 Å². The predicted octanol–water partition coefficient (Wildman–Crippen LogP) is 5.00. The lowest BCUT2D eigenvalue weighted by Crippen LogP contribution is -2.47. The third-order valence-electron chi connectivity index (χ3n) is 6.25. The van der Waals surface area contributed by atoms with E-state index in [1.54, 1.807) is 31.2 Å². The normalized spacial score (nSPS) is 16.6. The first kappa shape index (κ1) is 27.0. The molecule has 184 valence electrons. The molecule has 2 unspecified atom stereocenters. The molecule has 0 saturated heterocycles. The van der Waals surface area contributed by atoms with Crippen LogP contribution in [0.15, 0.2) is 24.3 Å². The summed E-state index contributed by atoms with van der Waals surface area (Å²) >= 11 is 5.99. The second-order valence-corrected chi connectivity index (χ2v) is 9.23. The van der Waals surface area contributed by atoms with Crippen LogP contribution in [0, 0.1) is 11.3 Å². The molecule has 33 heavy (non-hydrogen) atoms. The van der Waals surface area contributed by atoms with E-state index in [0.29, 0.717) is 42.9 Å². The maximum atomic E-state index is 13.4. The largest absolute Gasteiger partial charge is 0.493 e. The predicted molar refractivity (Wildman–Crippen MR) is 126 cm³/mol. The number of carbonyl (C=O) groups excluding carboxylic acids is 2. The Balaban J connectivity index is 2.08. The van der Waals surface area contributed by atoms with Gasteiger partial charge in [-0.05, 0) is 50.8 Å². The molecule has 2 rings (SSSR count). The number of carboxylic acid groups (broad SMARTS) is 1. The number of carbonyl (C=O) groups is 3. The summed E-state index contributed by atoms with van der Waals surface area (Å²) in [7, 11) is 0. The van der Waals surface area contributed by atoms with Crippen molar-refractivity contribution in [1.29, 1.82) is 0 Å². The molecule has 8 heteroatoms.